The van der Waals surface area contributed by atoms with E-state index in [1.807, 2.05) is 13.8 Å². The molecule has 1 aromatic rings. The van der Waals surface area contributed by atoms with Gasteiger partial charge in [0.05, 0.1) is 17.0 Å². The Morgan fingerprint density at radius 1 is 1.53 bits per heavy atom. The molecule has 6 nitrogen and oxygen atoms in total. The molecular weight excluding hydrogens is 284 g/mol. The molecule has 2 heterocycles. The third-order valence-corrected chi connectivity index (χ3v) is 5.14. The zero-order valence-electron chi connectivity index (χ0n) is 10.8. The first-order valence-corrected chi connectivity index (χ1v) is 8.06. The highest BCUT2D eigenvalue weighted by Crippen LogP contribution is 2.26. The van der Waals surface area contributed by atoms with Gasteiger partial charge in [-0.3, -0.25) is 0 Å². The van der Waals surface area contributed by atoms with E-state index < -0.39 is 15.4 Å². The number of thiocarbonyl (C=S) groups is 1. The van der Waals surface area contributed by atoms with E-state index >= 15 is 0 Å². The van der Waals surface area contributed by atoms with Gasteiger partial charge in [0.1, 0.15) is 10.7 Å². The number of rotatable bonds is 3. The summed E-state index contributed by atoms with van der Waals surface area (Å²) >= 11 is 4.89. The zero-order chi connectivity index (χ0) is 14.3. The highest BCUT2D eigenvalue weighted by atomic mass is 32.2. The monoisotopic (exact) mass is 300 g/mol. The van der Waals surface area contributed by atoms with Crippen LogP contribution in [0.1, 0.15) is 24.7 Å². The van der Waals surface area contributed by atoms with Gasteiger partial charge in [0.15, 0.2) is 9.84 Å². The molecule has 1 atom stereocenters. The van der Waals surface area contributed by atoms with Crippen LogP contribution in [0.2, 0.25) is 0 Å². The average molecular weight is 300 g/mol. The van der Waals surface area contributed by atoms with Crippen molar-refractivity contribution in [2.45, 2.75) is 25.8 Å². The molecule has 1 saturated heterocycles. The molecule has 3 N–H and O–H groups in total. The van der Waals surface area contributed by atoms with Crippen LogP contribution in [0.4, 0.5) is 5.95 Å². The summed E-state index contributed by atoms with van der Waals surface area (Å²) in [5, 5.41) is 3.09. The predicted octanol–water partition coefficient (Wildman–Crippen LogP) is 0.408. The molecule has 2 rings (SSSR count). The third-order valence-electron chi connectivity index (χ3n) is 3.02. The topological polar surface area (TPSA) is 98.0 Å². The molecule has 8 heteroatoms. The molecule has 0 aromatic carbocycles. The Bertz CT molecular complexity index is 630. The first-order valence-electron chi connectivity index (χ1n) is 5.83. The summed E-state index contributed by atoms with van der Waals surface area (Å²) in [7, 11) is -2.98. The molecule has 0 bridgehead atoms. The second kappa shape index (κ2) is 4.68. The normalized spacial score (nSPS) is 25.2. The van der Waals surface area contributed by atoms with Crippen LogP contribution in [-0.4, -0.2) is 40.4 Å². The van der Waals surface area contributed by atoms with Crippen molar-refractivity contribution in [3.63, 3.8) is 0 Å². The lowest BCUT2D eigenvalue weighted by molar-refractivity contribution is 0.569. The molecule has 0 spiro atoms. The van der Waals surface area contributed by atoms with Gasteiger partial charge in [0, 0.05) is 5.69 Å². The average Bonchev–Trinajstić information content (AvgIpc) is 2.51. The Hall–Kier alpha value is -1.28. The number of nitrogens with two attached hydrogens (primary N) is 1. The van der Waals surface area contributed by atoms with Gasteiger partial charge in [-0.05, 0) is 26.3 Å². The van der Waals surface area contributed by atoms with Crippen LogP contribution >= 0.6 is 12.2 Å². The first kappa shape index (κ1) is 14.1. The standard InChI is InChI=1S/C11H16N4O2S2/c1-7-5-8(9(12)18)14-10(13-7)15-11(2)3-4-19(16,17)6-11/h5H,3-4,6H2,1-2H3,(H2,12,18)(H,13,14,15). The maximum atomic E-state index is 11.6. The van der Waals surface area contributed by atoms with E-state index in [9.17, 15) is 8.42 Å². The summed E-state index contributed by atoms with van der Waals surface area (Å²) in [5.41, 5.74) is 6.22. The van der Waals surface area contributed by atoms with E-state index in [4.69, 9.17) is 18.0 Å². The SMILES string of the molecule is Cc1cc(C(N)=S)nc(NC2(C)CCS(=O)(=O)C2)n1. The summed E-state index contributed by atoms with van der Waals surface area (Å²) in [5.74, 6) is 0.631. The highest BCUT2D eigenvalue weighted by molar-refractivity contribution is 7.91. The van der Waals surface area contributed by atoms with Crippen LogP contribution in [0, 0.1) is 6.92 Å². The molecular formula is C11H16N4O2S2. The van der Waals surface area contributed by atoms with Gasteiger partial charge in [-0.2, -0.15) is 0 Å². The van der Waals surface area contributed by atoms with Crippen molar-refractivity contribution in [3.8, 4) is 0 Å². The molecule has 1 fully saturated rings. The Labute approximate surface area is 117 Å². The maximum absolute atomic E-state index is 11.6. The van der Waals surface area contributed by atoms with Gasteiger partial charge < -0.3 is 11.1 Å². The first-order chi connectivity index (χ1) is 8.69. The fraction of sp³-hybridized carbons (Fsp3) is 0.545. The summed E-state index contributed by atoms with van der Waals surface area (Å²) in [4.78, 5) is 8.64. The zero-order valence-corrected chi connectivity index (χ0v) is 12.4. The molecule has 104 valence electrons. The van der Waals surface area contributed by atoms with Crippen molar-refractivity contribution >= 4 is 33.0 Å². The molecule has 0 saturated carbocycles. The number of anilines is 1. The molecule has 1 aliphatic heterocycles. The van der Waals surface area contributed by atoms with Crippen molar-refractivity contribution < 1.29 is 8.42 Å². The lowest BCUT2D eigenvalue weighted by atomic mass is 10.0. The Balaban J connectivity index is 2.27. The lowest BCUT2D eigenvalue weighted by Crippen LogP contribution is -2.37. The number of aromatic nitrogens is 2. The minimum Gasteiger partial charge on any atom is -0.388 e. The molecule has 0 aliphatic carbocycles. The van der Waals surface area contributed by atoms with Crippen molar-refractivity contribution in [2.24, 2.45) is 5.73 Å². The van der Waals surface area contributed by atoms with Crippen molar-refractivity contribution in [3.05, 3.63) is 17.5 Å². The van der Waals surface area contributed by atoms with Crippen molar-refractivity contribution in [1.29, 1.82) is 0 Å². The van der Waals surface area contributed by atoms with Crippen molar-refractivity contribution in [2.75, 3.05) is 16.8 Å². The fourth-order valence-corrected chi connectivity index (χ4v) is 4.33. The van der Waals surface area contributed by atoms with Gasteiger partial charge >= 0.3 is 0 Å². The second-order valence-electron chi connectivity index (χ2n) is 5.11. The van der Waals surface area contributed by atoms with Gasteiger partial charge in [-0.15, -0.1) is 0 Å². The molecule has 1 aliphatic rings. The van der Waals surface area contributed by atoms with Crippen LogP contribution in [0.15, 0.2) is 6.07 Å². The molecule has 0 amide bonds. The van der Waals surface area contributed by atoms with Gasteiger partial charge in [-0.25, -0.2) is 18.4 Å². The fourth-order valence-electron chi connectivity index (χ4n) is 2.13. The molecule has 1 aromatic heterocycles. The van der Waals surface area contributed by atoms with Gasteiger partial charge in [-0.1, -0.05) is 12.2 Å². The number of nitrogens with one attached hydrogen (secondary N) is 1. The van der Waals surface area contributed by atoms with Crippen LogP contribution in [0.3, 0.4) is 0 Å². The molecule has 0 radical (unpaired) electrons. The van der Waals surface area contributed by atoms with Crippen LogP contribution < -0.4 is 11.1 Å². The van der Waals surface area contributed by atoms with Gasteiger partial charge in [0.25, 0.3) is 0 Å². The predicted molar refractivity (Wildman–Crippen MR) is 78.0 cm³/mol. The Kier molecular flexibility index (Phi) is 3.48. The summed E-state index contributed by atoms with van der Waals surface area (Å²) < 4.78 is 23.1. The van der Waals surface area contributed by atoms with Gasteiger partial charge in [0.2, 0.25) is 5.95 Å². The van der Waals surface area contributed by atoms with E-state index in [0.29, 0.717) is 18.1 Å². The minimum absolute atomic E-state index is 0.0830. The quantitative estimate of drug-likeness (QED) is 0.780. The van der Waals surface area contributed by atoms with Crippen LogP contribution in [-0.2, 0) is 9.84 Å². The van der Waals surface area contributed by atoms with E-state index in [0.717, 1.165) is 5.69 Å². The van der Waals surface area contributed by atoms with E-state index in [2.05, 4.69) is 15.3 Å². The molecule has 1 unspecified atom stereocenters. The third kappa shape index (κ3) is 3.38. The maximum Gasteiger partial charge on any atom is 0.223 e. The summed E-state index contributed by atoms with van der Waals surface area (Å²) in [6.07, 6.45) is 0.537. The van der Waals surface area contributed by atoms with E-state index in [1.54, 1.807) is 6.07 Å². The smallest absolute Gasteiger partial charge is 0.223 e. The molecule has 19 heavy (non-hydrogen) atoms. The Morgan fingerprint density at radius 3 is 2.74 bits per heavy atom. The number of nitrogens with zero attached hydrogens (tertiary/aromatic N) is 2. The summed E-state index contributed by atoms with van der Waals surface area (Å²) in [6, 6.07) is 1.70. The van der Waals surface area contributed by atoms with Crippen molar-refractivity contribution in [1.82, 2.24) is 9.97 Å². The lowest BCUT2D eigenvalue weighted by Gasteiger charge is -2.24. The van der Waals surface area contributed by atoms with Crippen LogP contribution in [0.25, 0.3) is 0 Å². The summed E-state index contributed by atoms with van der Waals surface area (Å²) in [6.45, 7) is 3.66. The minimum atomic E-state index is -2.98. The van der Waals surface area contributed by atoms with E-state index in [1.165, 1.54) is 0 Å². The van der Waals surface area contributed by atoms with Crippen LogP contribution in [0.5, 0.6) is 0 Å². The largest absolute Gasteiger partial charge is 0.388 e. The second-order valence-corrected chi connectivity index (χ2v) is 7.73. The number of aryl methyl sites for hydroxylation is 1. The number of sulfone groups is 1. The number of hydrogen-bond donors (Lipinski definition) is 2. The Morgan fingerprint density at radius 2 is 2.21 bits per heavy atom. The highest BCUT2D eigenvalue weighted by Gasteiger charge is 2.38. The number of hydrogen-bond acceptors (Lipinski definition) is 6. The van der Waals surface area contributed by atoms with E-state index in [-0.39, 0.29) is 16.5 Å².